The summed E-state index contributed by atoms with van der Waals surface area (Å²) in [6.07, 6.45) is 8.37. The number of hydrazine groups is 1. The summed E-state index contributed by atoms with van der Waals surface area (Å²) in [5, 5.41) is 1.74. The van der Waals surface area contributed by atoms with E-state index >= 15 is 0 Å². The Hall–Kier alpha value is -3.25. The van der Waals surface area contributed by atoms with Gasteiger partial charge in [-0.05, 0) is 60.4 Å². The number of nitrogens with one attached hydrogen (secondary N) is 1. The van der Waals surface area contributed by atoms with Crippen LogP contribution in [0.25, 0.3) is 23.1 Å². The first-order valence-electron chi connectivity index (χ1n) is 12.1. The second-order valence-corrected chi connectivity index (χ2v) is 9.41. The van der Waals surface area contributed by atoms with Gasteiger partial charge in [-0.25, -0.2) is 9.97 Å². The zero-order chi connectivity index (χ0) is 24.0. The Kier molecular flexibility index (Phi) is 7.38. The number of rotatable bonds is 7. The molecule has 0 spiro atoms. The van der Waals surface area contributed by atoms with Crippen LogP contribution in [-0.2, 0) is 6.61 Å². The van der Waals surface area contributed by atoms with Crippen molar-refractivity contribution in [3.05, 3.63) is 100 Å². The summed E-state index contributed by atoms with van der Waals surface area (Å²) in [4.78, 5) is 9.88. The fourth-order valence-electron chi connectivity index (χ4n) is 4.74. The Labute approximate surface area is 211 Å². The van der Waals surface area contributed by atoms with Gasteiger partial charge in [-0.2, -0.15) is 0 Å². The first kappa shape index (κ1) is 23.5. The van der Waals surface area contributed by atoms with Crippen LogP contribution in [0.15, 0.2) is 72.8 Å². The minimum Gasteiger partial charge on any atom is -0.489 e. The summed E-state index contributed by atoms with van der Waals surface area (Å²) in [6, 6.07) is 24.2. The molecule has 1 aliphatic carbocycles. The number of nitrogens with zero attached hydrogens (tertiary/aromatic N) is 2. The maximum atomic E-state index is 6.12. The van der Waals surface area contributed by atoms with Crippen LogP contribution in [0.3, 0.4) is 0 Å². The Bertz CT molecular complexity index is 1310. The van der Waals surface area contributed by atoms with Crippen LogP contribution in [0.4, 0.5) is 0 Å². The molecule has 6 heteroatoms. The van der Waals surface area contributed by atoms with E-state index in [4.69, 9.17) is 32.1 Å². The Morgan fingerprint density at radius 2 is 1.74 bits per heavy atom. The van der Waals surface area contributed by atoms with Crippen molar-refractivity contribution in [2.45, 2.75) is 44.2 Å². The lowest BCUT2D eigenvalue weighted by molar-refractivity contribution is 0.306. The predicted octanol–water partition coefficient (Wildman–Crippen LogP) is 6.52. The first-order valence-corrected chi connectivity index (χ1v) is 12.5. The minimum absolute atomic E-state index is 0.184. The van der Waals surface area contributed by atoms with E-state index in [0.29, 0.717) is 17.5 Å². The summed E-state index contributed by atoms with van der Waals surface area (Å²) in [6.45, 7) is 0.515. The van der Waals surface area contributed by atoms with E-state index in [2.05, 4.69) is 23.6 Å². The first-order chi connectivity index (χ1) is 17.2. The summed E-state index contributed by atoms with van der Waals surface area (Å²) in [7, 11) is 0. The third-order valence-corrected chi connectivity index (χ3v) is 6.84. The number of nitrogens with two attached hydrogens (primary N) is 1. The lowest BCUT2D eigenvalue weighted by atomic mass is 9.81. The molecule has 2 atom stereocenters. The second-order valence-electron chi connectivity index (χ2n) is 8.97. The van der Waals surface area contributed by atoms with E-state index in [0.717, 1.165) is 52.7 Å². The predicted molar refractivity (Wildman–Crippen MR) is 143 cm³/mol. The average Bonchev–Trinajstić information content (AvgIpc) is 2.91. The largest absolute Gasteiger partial charge is 0.489 e. The molecule has 1 fully saturated rings. The molecule has 35 heavy (non-hydrogen) atoms. The normalized spacial score (nSPS) is 18.2. The molecule has 1 aromatic heterocycles. The van der Waals surface area contributed by atoms with E-state index in [1.165, 1.54) is 6.42 Å². The molecule has 1 saturated carbocycles. The van der Waals surface area contributed by atoms with E-state index in [1.54, 1.807) is 0 Å². The molecule has 0 bridgehead atoms. The van der Waals surface area contributed by atoms with Crippen molar-refractivity contribution in [3.8, 4) is 5.75 Å². The van der Waals surface area contributed by atoms with Crippen molar-refractivity contribution in [1.82, 2.24) is 15.4 Å². The van der Waals surface area contributed by atoms with Gasteiger partial charge in [-0.1, -0.05) is 73.0 Å². The van der Waals surface area contributed by atoms with Crippen molar-refractivity contribution in [3.63, 3.8) is 0 Å². The fourth-order valence-corrected chi connectivity index (χ4v) is 4.87. The average molecular weight is 485 g/mol. The second kappa shape index (κ2) is 11.0. The summed E-state index contributed by atoms with van der Waals surface area (Å²) in [5.41, 5.74) is 7.14. The third kappa shape index (κ3) is 5.70. The number of hydrogen-bond donors (Lipinski definition) is 2. The highest BCUT2D eigenvalue weighted by atomic mass is 35.5. The molecular weight excluding hydrogens is 456 g/mol. The van der Waals surface area contributed by atoms with Crippen LogP contribution >= 0.6 is 11.6 Å². The van der Waals surface area contributed by atoms with Crippen molar-refractivity contribution >= 4 is 34.7 Å². The number of benzene rings is 3. The summed E-state index contributed by atoms with van der Waals surface area (Å²) >= 11 is 6.02. The van der Waals surface area contributed by atoms with Crippen LogP contribution in [0, 0.1) is 0 Å². The van der Waals surface area contributed by atoms with E-state index in [1.807, 2.05) is 66.7 Å². The van der Waals surface area contributed by atoms with Crippen LogP contribution in [0.5, 0.6) is 5.75 Å². The Morgan fingerprint density at radius 1 is 0.943 bits per heavy atom. The molecule has 0 aliphatic heterocycles. The number of halogens is 1. The summed E-state index contributed by atoms with van der Waals surface area (Å²) in [5.74, 6) is 7.66. The fraction of sp³-hybridized carbons (Fsp3) is 0.241. The van der Waals surface area contributed by atoms with Crippen LogP contribution < -0.4 is 16.0 Å². The summed E-state index contributed by atoms with van der Waals surface area (Å²) < 4.78 is 6.12. The number of aromatic nitrogens is 2. The van der Waals surface area contributed by atoms with Gasteiger partial charge in [-0.3, -0.25) is 11.3 Å². The highest BCUT2D eigenvalue weighted by molar-refractivity contribution is 6.30. The van der Waals surface area contributed by atoms with Gasteiger partial charge in [0, 0.05) is 22.4 Å². The smallest absolute Gasteiger partial charge is 0.152 e. The molecule has 1 aliphatic rings. The molecule has 1 heterocycles. The molecule has 3 N–H and O–H groups in total. The molecule has 0 amide bonds. The quantitative estimate of drug-likeness (QED) is 0.230. The van der Waals surface area contributed by atoms with Gasteiger partial charge >= 0.3 is 0 Å². The number of ether oxygens (including phenoxy) is 1. The van der Waals surface area contributed by atoms with E-state index in [9.17, 15) is 0 Å². The molecule has 3 aromatic carbocycles. The zero-order valence-electron chi connectivity index (χ0n) is 19.5. The lowest BCUT2D eigenvalue weighted by Crippen LogP contribution is -2.41. The Morgan fingerprint density at radius 3 is 2.54 bits per heavy atom. The van der Waals surface area contributed by atoms with Crippen molar-refractivity contribution in [1.29, 1.82) is 0 Å². The third-order valence-electron chi connectivity index (χ3n) is 6.59. The highest BCUT2D eigenvalue weighted by Gasteiger charge is 2.29. The van der Waals surface area contributed by atoms with Crippen LogP contribution in [0.2, 0.25) is 5.02 Å². The molecule has 178 valence electrons. The standard InChI is InChI=1S/C29H29ClN4O/c30-22-13-10-20(11-14-22)12-17-28-32-26-16-15-23(35-19-21-6-2-1-3-7-21)18-25(26)29(33-28)24-8-4-5-9-27(24)34-31/h1-3,6-7,10-18,24,27,34H,4-5,8-9,19,31H2. The lowest BCUT2D eigenvalue weighted by Gasteiger charge is -2.31. The van der Waals surface area contributed by atoms with Gasteiger partial charge in [0.25, 0.3) is 0 Å². The monoisotopic (exact) mass is 484 g/mol. The number of fused-ring (bicyclic) bond motifs is 1. The zero-order valence-corrected chi connectivity index (χ0v) is 20.3. The van der Waals surface area contributed by atoms with Gasteiger partial charge in [0.15, 0.2) is 5.82 Å². The van der Waals surface area contributed by atoms with Crippen molar-refractivity contribution < 1.29 is 4.74 Å². The SMILES string of the molecule is NNC1CCCCC1c1nc(C=Cc2ccc(Cl)cc2)nc2ccc(OCc3ccccc3)cc12. The van der Waals surface area contributed by atoms with Gasteiger partial charge in [0.05, 0.1) is 11.2 Å². The number of hydrogen-bond acceptors (Lipinski definition) is 5. The Balaban J connectivity index is 1.51. The van der Waals surface area contributed by atoms with E-state index < -0.39 is 0 Å². The topological polar surface area (TPSA) is 73.1 Å². The molecule has 0 saturated heterocycles. The molecule has 4 aromatic rings. The van der Waals surface area contributed by atoms with Gasteiger partial charge in [0.1, 0.15) is 12.4 Å². The molecule has 5 nitrogen and oxygen atoms in total. The van der Waals surface area contributed by atoms with Crippen LogP contribution in [0.1, 0.15) is 54.2 Å². The van der Waals surface area contributed by atoms with Crippen molar-refractivity contribution in [2.24, 2.45) is 5.84 Å². The van der Waals surface area contributed by atoms with Gasteiger partial charge in [-0.15, -0.1) is 0 Å². The minimum atomic E-state index is 0.184. The van der Waals surface area contributed by atoms with E-state index in [-0.39, 0.29) is 12.0 Å². The van der Waals surface area contributed by atoms with Gasteiger partial charge in [0.2, 0.25) is 0 Å². The highest BCUT2D eigenvalue weighted by Crippen LogP contribution is 2.36. The maximum Gasteiger partial charge on any atom is 0.152 e. The van der Waals surface area contributed by atoms with Gasteiger partial charge < -0.3 is 4.74 Å². The molecule has 0 radical (unpaired) electrons. The van der Waals surface area contributed by atoms with Crippen LogP contribution in [-0.4, -0.2) is 16.0 Å². The molecule has 2 unspecified atom stereocenters. The molecule has 5 rings (SSSR count). The maximum absolute atomic E-state index is 6.12. The van der Waals surface area contributed by atoms with Crippen molar-refractivity contribution in [2.75, 3.05) is 0 Å². The molecular formula is C29H29ClN4O.